The summed E-state index contributed by atoms with van der Waals surface area (Å²) in [5.41, 5.74) is -1.67. The highest BCUT2D eigenvalue weighted by Crippen LogP contribution is 2.50. The van der Waals surface area contributed by atoms with E-state index in [1.165, 1.54) is 7.11 Å². The highest BCUT2D eigenvalue weighted by molar-refractivity contribution is 5.86. The molecule has 0 bridgehead atoms. The molecular weight excluding hydrogens is 292 g/mol. The van der Waals surface area contributed by atoms with Crippen molar-refractivity contribution in [1.82, 2.24) is 4.90 Å². The summed E-state index contributed by atoms with van der Waals surface area (Å²) in [5, 5.41) is 10.0. The van der Waals surface area contributed by atoms with Gasteiger partial charge in [-0.05, 0) is 31.5 Å². The molecule has 23 heavy (non-hydrogen) atoms. The van der Waals surface area contributed by atoms with Crippen LogP contribution in [-0.2, 0) is 19.9 Å². The Kier molecular flexibility index (Phi) is 4.38. The van der Waals surface area contributed by atoms with Gasteiger partial charge in [0.05, 0.1) is 19.8 Å². The molecule has 5 nitrogen and oxygen atoms in total. The van der Waals surface area contributed by atoms with Crippen LogP contribution in [0.25, 0.3) is 0 Å². The van der Waals surface area contributed by atoms with Crippen molar-refractivity contribution in [3.05, 3.63) is 35.9 Å². The predicted octanol–water partition coefficient (Wildman–Crippen LogP) is 2.22. The van der Waals surface area contributed by atoms with Gasteiger partial charge in [0.1, 0.15) is 0 Å². The second-order valence-corrected chi connectivity index (χ2v) is 6.20. The van der Waals surface area contributed by atoms with Gasteiger partial charge in [0.2, 0.25) is 5.60 Å². The average Bonchev–Trinajstić information content (AvgIpc) is 2.86. The van der Waals surface area contributed by atoms with Crippen molar-refractivity contribution in [2.75, 3.05) is 26.8 Å². The molecule has 0 N–H and O–H groups in total. The Morgan fingerprint density at radius 2 is 1.87 bits per heavy atom. The Labute approximate surface area is 136 Å². The zero-order valence-corrected chi connectivity index (χ0v) is 13.5. The number of esters is 1. The van der Waals surface area contributed by atoms with E-state index < -0.39 is 17.1 Å². The first kappa shape index (κ1) is 16.0. The Bertz CT molecular complexity index is 604. The van der Waals surface area contributed by atoms with Crippen molar-refractivity contribution >= 4 is 5.97 Å². The molecule has 2 atom stereocenters. The van der Waals surface area contributed by atoms with E-state index in [2.05, 4.69) is 11.0 Å². The minimum absolute atomic E-state index is 0.230. The molecule has 122 valence electrons. The van der Waals surface area contributed by atoms with Crippen molar-refractivity contribution in [3.63, 3.8) is 0 Å². The van der Waals surface area contributed by atoms with Crippen molar-refractivity contribution in [2.45, 2.75) is 36.8 Å². The maximum atomic E-state index is 12.7. The second kappa shape index (κ2) is 6.31. The van der Waals surface area contributed by atoms with E-state index in [9.17, 15) is 10.1 Å². The van der Waals surface area contributed by atoms with Crippen LogP contribution in [0.5, 0.6) is 0 Å². The zero-order valence-electron chi connectivity index (χ0n) is 13.5. The fraction of sp³-hybridized carbons (Fsp3) is 0.556. The van der Waals surface area contributed by atoms with E-state index in [0.717, 1.165) is 38.8 Å². The standard InChI is InChI=1S/C18H22N2O3/c1-22-16(21)18(15-9-5-4-6-10-15)17(13-19,14-23-18)20-11-7-2-3-8-12-20/h4-6,9-10H,2-3,7-8,11-12,14H2,1H3/t17-,18+/m0/s1. The third-order valence-corrected chi connectivity index (χ3v) is 5.06. The fourth-order valence-corrected chi connectivity index (χ4v) is 3.79. The maximum absolute atomic E-state index is 12.7. The summed E-state index contributed by atoms with van der Waals surface area (Å²) in [6.45, 7) is 1.85. The summed E-state index contributed by atoms with van der Waals surface area (Å²) in [5.74, 6) is -0.499. The number of rotatable bonds is 3. The van der Waals surface area contributed by atoms with Gasteiger partial charge < -0.3 is 9.47 Å². The molecule has 3 rings (SSSR count). The van der Waals surface area contributed by atoms with Gasteiger partial charge in [-0.15, -0.1) is 0 Å². The zero-order chi connectivity index (χ0) is 16.3. The molecule has 0 spiro atoms. The summed E-state index contributed by atoms with van der Waals surface area (Å²) in [4.78, 5) is 14.8. The number of nitrogens with zero attached hydrogens (tertiary/aromatic N) is 2. The first-order valence-electron chi connectivity index (χ1n) is 8.15. The number of benzene rings is 1. The van der Waals surface area contributed by atoms with E-state index in [1.807, 2.05) is 30.3 Å². The molecule has 0 amide bonds. The molecule has 1 aromatic rings. The normalized spacial score (nSPS) is 31.5. The molecule has 2 aliphatic rings. The van der Waals surface area contributed by atoms with Crippen LogP contribution in [-0.4, -0.2) is 43.2 Å². The smallest absolute Gasteiger partial charge is 0.346 e. The fourth-order valence-electron chi connectivity index (χ4n) is 3.79. The molecule has 2 fully saturated rings. The summed E-state index contributed by atoms with van der Waals surface area (Å²) < 4.78 is 10.9. The molecule has 0 saturated carbocycles. The Hall–Kier alpha value is -1.90. The lowest BCUT2D eigenvalue weighted by Gasteiger charge is -2.57. The van der Waals surface area contributed by atoms with Crippen LogP contribution in [0.4, 0.5) is 0 Å². The highest BCUT2D eigenvalue weighted by Gasteiger charge is 2.71. The number of likely N-dealkylation sites (tertiary alicyclic amines) is 1. The van der Waals surface area contributed by atoms with Gasteiger partial charge in [-0.25, -0.2) is 4.79 Å². The Morgan fingerprint density at radius 3 is 2.35 bits per heavy atom. The molecular formula is C18H22N2O3. The monoisotopic (exact) mass is 314 g/mol. The second-order valence-electron chi connectivity index (χ2n) is 6.20. The van der Waals surface area contributed by atoms with Crippen molar-refractivity contribution < 1.29 is 14.3 Å². The van der Waals surface area contributed by atoms with Gasteiger partial charge in [0, 0.05) is 0 Å². The lowest BCUT2D eigenvalue weighted by Crippen LogP contribution is -2.76. The number of methoxy groups -OCH3 is 1. The summed E-state index contributed by atoms with van der Waals surface area (Å²) in [7, 11) is 1.35. The van der Waals surface area contributed by atoms with Crippen LogP contribution < -0.4 is 0 Å². The number of ether oxygens (including phenoxy) is 2. The molecule has 0 aromatic heterocycles. The van der Waals surface area contributed by atoms with Crippen molar-refractivity contribution in [3.8, 4) is 6.07 Å². The van der Waals surface area contributed by atoms with Crippen molar-refractivity contribution in [1.29, 1.82) is 5.26 Å². The van der Waals surface area contributed by atoms with Crippen LogP contribution in [0.3, 0.4) is 0 Å². The van der Waals surface area contributed by atoms with Gasteiger partial charge in [-0.2, -0.15) is 5.26 Å². The summed E-state index contributed by atoms with van der Waals surface area (Å²) in [6, 6.07) is 11.7. The number of carbonyl (C=O) groups is 1. The molecule has 0 aliphatic carbocycles. The quantitative estimate of drug-likeness (QED) is 0.801. The van der Waals surface area contributed by atoms with Crippen LogP contribution in [0.15, 0.2) is 30.3 Å². The number of carbonyl (C=O) groups excluding carboxylic acids is 1. The Morgan fingerprint density at radius 1 is 1.22 bits per heavy atom. The van der Waals surface area contributed by atoms with Gasteiger partial charge in [-0.3, -0.25) is 4.90 Å². The summed E-state index contributed by atoms with van der Waals surface area (Å²) in [6.07, 6.45) is 4.40. The summed E-state index contributed by atoms with van der Waals surface area (Å²) >= 11 is 0. The van der Waals surface area contributed by atoms with Crippen LogP contribution in [0, 0.1) is 11.3 Å². The maximum Gasteiger partial charge on any atom is 0.346 e. The van der Waals surface area contributed by atoms with E-state index in [4.69, 9.17) is 9.47 Å². The lowest BCUT2D eigenvalue weighted by molar-refractivity contribution is -0.260. The Balaban J connectivity index is 2.08. The molecule has 5 heteroatoms. The van der Waals surface area contributed by atoms with Crippen LogP contribution >= 0.6 is 0 Å². The predicted molar refractivity (Wildman–Crippen MR) is 84.5 cm³/mol. The third-order valence-electron chi connectivity index (χ3n) is 5.06. The third kappa shape index (κ3) is 2.25. The van der Waals surface area contributed by atoms with E-state index >= 15 is 0 Å². The molecule has 1 aromatic carbocycles. The average molecular weight is 314 g/mol. The topological polar surface area (TPSA) is 62.6 Å². The molecule has 2 aliphatic heterocycles. The van der Waals surface area contributed by atoms with Gasteiger partial charge in [-0.1, -0.05) is 43.2 Å². The van der Waals surface area contributed by atoms with Gasteiger partial charge >= 0.3 is 5.97 Å². The van der Waals surface area contributed by atoms with Gasteiger partial charge in [0.15, 0.2) is 5.54 Å². The van der Waals surface area contributed by atoms with E-state index in [0.29, 0.717) is 5.56 Å². The lowest BCUT2D eigenvalue weighted by atomic mass is 9.69. The highest BCUT2D eigenvalue weighted by atomic mass is 16.6. The minimum atomic E-state index is -1.36. The van der Waals surface area contributed by atoms with E-state index in [1.54, 1.807) is 0 Å². The molecule has 2 heterocycles. The molecule has 0 radical (unpaired) electrons. The largest absolute Gasteiger partial charge is 0.467 e. The number of hydrogen-bond acceptors (Lipinski definition) is 5. The number of nitriles is 1. The van der Waals surface area contributed by atoms with Gasteiger partial charge in [0.25, 0.3) is 0 Å². The first-order valence-corrected chi connectivity index (χ1v) is 8.15. The van der Waals surface area contributed by atoms with Crippen molar-refractivity contribution in [2.24, 2.45) is 0 Å². The van der Waals surface area contributed by atoms with Crippen LogP contribution in [0.1, 0.15) is 31.2 Å². The SMILES string of the molecule is COC(=O)[C@@]1(c2ccccc2)OC[C@]1(C#N)N1CCCCCC1. The molecule has 0 unspecified atom stereocenters. The van der Waals surface area contributed by atoms with E-state index in [-0.39, 0.29) is 6.61 Å². The molecule has 2 saturated heterocycles. The number of hydrogen-bond donors (Lipinski definition) is 0. The minimum Gasteiger partial charge on any atom is -0.467 e. The van der Waals surface area contributed by atoms with Crippen LogP contribution in [0.2, 0.25) is 0 Å². The first-order chi connectivity index (χ1) is 11.2.